The number of nitrogens with one attached hydrogen (secondary N) is 1. The molecule has 1 N–H and O–H groups in total. The first-order valence-corrected chi connectivity index (χ1v) is 4.78. The van der Waals surface area contributed by atoms with Crippen molar-refractivity contribution in [2.45, 2.75) is 24.6 Å². The van der Waals surface area contributed by atoms with Crippen LogP contribution in [-0.2, 0) is 5.54 Å². The topological polar surface area (TPSA) is 24.9 Å². The average molecular weight is 216 g/mol. The zero-order chi connectivity index (χ0) is 10.9. The summed E-state index contributed by atoms with van der Waals surface area (Å²) in [4.78, 5) is 3.73. The lowest BCUT2D eigenvalue weighted by Crippen LogP contribution is -2.49. The highest BCUT2D eigenvalue weighted by Gasteiger charge is 2.57. The van der Waals surface area contributed by atoms with E-state index in [4.69, 9.17) is 0 Å². The Hall–Kier alpha value is -1.10. The molecule has 1 aliphatic heterocycles. The number of aromatic nitrogens is 1. The molecule has 0 aromatic carbocycles. The van der Waals surface area contributed by atoms with Crippen LogP contribution in [0.15, 0.2) is 24.5 Å². The zero-order valence-corrected chi connectivity index (χ0v) is 8.01. The molecular formula is C10H11F3N2. The second-order valence-electron chi connectivity index (χ2n) is 3.67. The minimum Gasteiger partial charge on any atom is -0.300 e. The van der Waals surface area contributed by atoms with Crippen molar-refractivity contribution in [1.29, 1.82) is 0 Å². The Kier molecular flexibility index (Phi) is 2.42. The third-order valence-corrected chi connectivity index (χ3v) is 2.81. The first kappa shape index (κ1) is 10.4. The van der Waals surface area contributed by atoms with Crippen molar-refractivity contribution in [2.75, 3.05) is 6.54 Å². The van der Waals surface area contributed by atoms with Crippen molar-refractivity contribution in [3.8, 4) is 0 Å². The fraction of sp³-hybridized carbons (Fsp3) is 0.500. The molecule has 1 aliphatic rings. The molecule has 1 atom stereocenters. The molecule has 2 rings (SSSR count). The number of pyridine rings is 1. The summed E-state index contributed by atoms with van der Waals surface area (Å²) in [6, 6.07) is 2.84. The fourth-order valence-electron chi connectivity index (χ4n) is 2.03. The smallest absolute Gasteiger partial charge is 0.300 e. The summed E-state index contributed by atoms with van der Waals surface area (Å²) in [6.07, 6.45) is -0.834. The van der Waals surface area contributed by atoms with Gasteiger partial charge in [-0.3, -0.25) is 10.3 Å². The predicted octanol–water partition coefficient (Wildman–Crippen LogP) is 2.22. The highest BCUT2D eigenvalue weighted by Crippen LogP contribution is 2.44. The molecule has 0 saturated carbocycles. The maximum Gasteiger partial charge on any atom is 0.410 e. The molecule has 0 amide bonds. The van der Waals surface area contributed by atoms with Gasteiger partial charge in [-0.15, -0.1) is 0 Å². The van der Waals surface area contributed by atoms with Gasteiger partial charge in [0.15, 0.2) is 0 Å². The highest BCUT2D eigenvalue weighted by molar-refractivity contribution is 5.25. The summed E-state index contributed by atoms with van der Waals surface area (Å²) in [5.41, 5.74) is -1.61. The van der Waals surface area contributed by atoms with Gasteiger partial charge in [0.2, 0.25) is 0 Å². The van der Waals surface area contributed by atoms with Crippen LogP contribution in [0.1, 0.15) is 18.4 Å². The molecule has 1 aromatic heterocycles. The Bertz CT molecular complexity index is 328. The lowest BCUT2D eigenvalue weighted by atomic mass is 9.88. The summed E-state index contributed by atoms with van der Waals surface area (Å²) in [7, 11) is 0. The normalized spacial score (nSPS) is 26.9. The minimum atomic E-state index is -4.26. The molecule has 1 saturated heterocycles. The maximum absolute atomic E-state index is 13.0. The van der Waals surface area contributed by atoms with Gasteiger partial charge in [0.25, 0.3) is 0 Å². The van der Waals surface area contributed by atoms with Gasteiger partial charge in [-0.2, -0.15) is 13.2 Å². The van der Waals surface area contributed by atoms with Crippen LogP contribution in [0, 0.1) is 0 Å². The van der Waals surface area contributed by atoms with E-state index in [1.54, 1.807) is 0 Å². The lowest BCUT2D eigenvalue weighted by molar-refractivity contribution is -0.196. The van der Waals surface area contributed by atoms with Crippen molar-refractivity contribution in [2.24, 2.45) is 0 Å². The van der Waals surface area contributed by atoms with E-state index in [1.807, 2.05) is 0 Å². The van der Waals surface area contributed by atoms with Gasteiger partial charge in [-0.1, -0.05) is 0 Å². The van der Waals surface area contributed by atoms with Crippen molar-refractivity contribution in [1.82, 2.24) is 10.3 Å². The Morgan fingerprint density at radius 3 is 2.40 bits per heavy atom. The Morgan fingerprint density at radius 1 is 1.27 bits per heavy atom. The number of halogens is 3. The van der Waals surface area contributed by atoms with Gasteiger partial charge in [0.1, 0.15) is 5.54 Å². The first-order valence-electron chi connectivity index (χ1n) is 4.78. The average Bonchev–Trinajstić information content (AvgIpc) is 2.68. The third-order valence-electron chi connectivity index (χ3n) is 2.81. The van der Waals surface area contributed by atoms with Crippen molar-refractivity contribution in [3.05, 3.63) is 30.1 Å². The van der Waals surface area contributed by atoms with Crippen LogP contribution in [0.3, 0.4) is 0 Å². The Labute approximate surface area is 85.5 Å². The highest BCUT2D eigenvalue weighted by atomic mass is 19.4. The van der Waals surface area contributed by atoms with Gasteiger partial charge < -0.3 is 0 Å². The second-order valence-corrected chi connectivity index (χ2v) is 3.67. The summed E-state index contributed by atoms with van der Waals surface area (Å²) in [6.45, 7) is 0.405. The maximum atomic E-state index is 13.0. The van der Waals surface area contributed by atoms with Gasteiger partial charge in [0.05, 0.1) is 0 Å². The number of hydrogen-bond acceptors (Lipinski definition) is 2. The van der Waals surface area contributed by atoms with Crippen molar-refractivity contribution < 1.29 is 13.2 Å². The van der Waals surface area contributed by atoms with Gasteiger partial charge >= 0.3 is 6.18 Å². The van der Waals surface area contributed by atoms with Gasteiger partial charge in [-0.05, 0) is 37.1 Å². The molecule has 1 fully saturated rings. The molecule has 1 aromatic rings. The number of nitrogens with zero attached hydrogens (tertiary/aromatic N) is 1. The van der Waals surface area contributed by atoms with Crippen molar-refractivity contribution in [3.63, 3.8) is 0 Å². The zero-order valence-electron chi connectivity index (χ0n) is 8.01. The first-order chi connectivity index (χ1) is 7.06. The molecule has 0 radical (unpaired) electrons. The predicted molar refractivity (Wildman–Crippen MR) is 49.2 cm³/mol. The number of hydrogen-bond donors (Lipinski definition) is 1. The number of rotatable bonds is 1. The molecule has 82 valence electrons. The molecule has 15 heavy (non-hydrogen) atoms. The quantitative estimate of drug-likeness (QED) is 0.778. The second kappa shape index (κ2) is 3.48. The molecule has 5 heteroatoms. The fourth-order valence-corrected chi connectivity index (χ4v) is 2.03. The number of alkyl halides is 3. The monoisotopic (exact) mass is 216 g/mol. The lowest BCUT2D eigenvalue weighted by Gasteiger charge is -2.32. The minimum absolute atomic E-state index is 0.0977. The summed E-state index contributed by atoms with van der Waals surface area (Å²) < 4.78 is 39.1. The van der Waals surface area contributed by atoms with Gasteiger partial charge in [0, 0.05) is 12.4 Å². The largest absolute Gasteiger partial charge is 0.410 e. The third kappa shape index (κ3) is 1.61. The molecule has 1 unspecified atom stereocenters. The summed E-state index contributed by atoms with van der Waals surface area (Å²) >= 11 is 0. The van der Waals surface area contributed by atoms with Crippen LogP contribution in [0.4, 0.5) is 13.2 Å². The van der Waals surface area contributed by atoms with Crippen LogP contribution in [0.2, 0.25) is 0 Å². The van der Waals surface area contributed by atoms with E-state index in [0.29, 0.717) is 13.0 Å². The molecule has 0 aliphatic carbocycles. The van der Waals surface area contributed by atoms with E-state index in [-0.39, 0.29) is 12.0 Å². The van der Waals surface area contributed by atoms with Gasteiger partial charge in [-0.25, -0.2) is 0 Å². The van der Waals surface area contributed by atoms with Crippen LogP contribution in [-0.4, -0.2) is 17.7 Å². The van der Waals surface area contributed by atoms with E-state index in [1.165, 1.54) is 24.5 Å². The summed E-state index contributed by atoms with van der Waals surface area (Å²) in [5.74, 6) is 0. The molecule has 2 nitrogen and oxygen atoms in total. The Balaban J connectivity index is 2.44. The molecule has 0 spiro atoms. The van der Waals surface area contributed by atoms with E-state index in [0.717, 1.165) is 0 Å². The van der Waals surface area contributed by atoms with Crippen molar-refractivity contribution >= 4 is 0 Å². The van der Waals surface area contributed by atoms with E-state index < -0.39 is 11.7 Å². The standard InChI is InChI=1S/C10H11F3N2/c11-10(12,13)9(4-1-5-15-9)8-2-6-14-7-3-8/h2-3,6-7,15H,1,4-5H2. The van der Waals surface area contributed by atoms with Crippen LogP contribution in [0.5, 0.6) is 0 Å². The SMILES string of the molecule is FC(F)(F)C1(c2ccncc2)CCCN1. The molecular weight excluding hydrogens is 205 g/mol. The van der Waals surface area contributed by atoms with E-state index >= 15 is 0 Å². The summed E-state index contributed by atoms with van der Waals surface area (Å²) in [5, 5.41) is 2.57. The molecule has 2 heterocycles. The van der Waals surface area contributed by atoms with Crippen LogP contribution < -0.4 is 5.32 Å². The van der Waals surface area contributed by atoms with Crippen LogP contribution in [0.25, 0.3) is 0 Å². The molecule has 0 bridgehead atoms. The van der Waals surface area contributed by atoms with E-state index in [9.17, 15) is 13.2 Å². The Morgan fingerprint density at radius 2 is 1.93 bits per heavy atom. The van der Waals surface area contributed by atoms with E-state index in [2.05, 4.69) is 10.3 Å². The van der Waals surface area contributed by atoms with Crippen LogP contribution >= 0.6 is 0 Å².